The minimum Gasteiger partial charge on any atom is -0.437 e. The first kappa shape index (κ1) is 11.5. The van der Waals surface area contributed by atoms with E-state index in [-0.39, 0.29) is 6.04 Å². The molecule has 2 aromatic rings. The number of ether oxygens (including phenoxy) is 1. The summed E-state index contributed by atoms with van der Waals surface area (Å²) in [6.07, 6.45) is 3.36. The summed E-state index contributed by atoms with van der Waals surface area (Å²) < 4.78 is 5.67. The average molecular weight is 229 g/mol. The van der Waals surface area contributed by atoms with E-state index in [0.29, 0.717) is 11.6 Å². The van der Waals surface area contributed by atoms with Gasteiger partial charge in [0, 0.05) is 23.5 Å². The smallest absolute Gasteiger partial charge is 0.224 e. The molecule has 0 saturated carbocycles. The zero-order chi connectivity index (χ0) is 12.3. The molecule has 0 aromatic carbocycles. The number of nitrogens with two attached hydrogens (primary N) is 1. The molecule has 0 amide bonds. The van der Waals surface area contributed by atoms with Crippen LogP contribution < -0.4 is 10.5 Å². The lowest BCUT2D eigenvalue weighted by atomic mass is 10.1. The Kier molecular flexibility index (Phi) is 3.35. The Bertz CT molecular complexity index is 494. The van der Waals surface area contributed by atoms with Crippen LogP contribution >= 0.6 is 0 Å². The van der Waals surface area contributed by atoms with Gasteiger partial charge < -0.3 is 10.5 Å². The molecular formula is C13H15N3O. The van der Waals surface area contributed by atoms with E-state index in [1.807, 2.05) is 38.1 Å². The quantitative estimate of drug-likeness (QED) is 0.878. The summed E-state index contributed by atoms with van der Waals surface area (Å²) >= 11 is 0. The maximum Gasteiger partial charge on any atom is 0.224 e. The van der Waals surface area contributed by atoms with Crippen LogP contribution in [0, 0.1) is 6.92 Å². The van der Waals surface area contributed by atoms with Crippen molar-refractivity contribution in [3.8, 4) is 11.6 Å². The maximum atomic E-state index is 5.86. The van der Waals surface area contributed by atoms with Crippen LogP contribution in [0.4, 0.5) is 0 Å². The Morgan fingerprint density at radius 1 is 1.24 bits per heavy atom. The van der Waals surface area contributed by atoms with E-state index in [1.165, 1.54) is 0 Å². The predicted octanol–water partition coefficient (Wildman–Crippen LogP) is 2.60. The Hall–Kier alpha value is -1.94. The fourth-order valence-electron chi connectivity index (χ4n) is 1.46. The van der Waals surface area contributed by atoms with Gasteiger partial charge in [-0.25, -0.2) is 4.98 Å². The summed E-state index contributed by atoms with van der Waals surface area (Å²) in [5.74, 6) is 1.20. The van der Waals surface area contributed by atoms with Crippen LogP contribution in [0.25, 0.3) is 0 Å². The largest absolute Gasteiger partial charge is 0.437 e. The molecule has 0 aliphatic heterocycles. The minimum absolute atomic E-state index is 0.114. The molecule has 0 saturated heterocycles. The van der Waals surface area contributed by atoms with Gasteiger partial charge in [-0.15, -0.1) is 0 Å². The summed E-state index contributed by atoms with van der Waals surface area (Å²) in [7, 11) is 0. The van der Waals surface area contributed by atoms with Crippen molar-refractivity contribution in [3.05, 3.63) is 47.9 Å². The molecule has 0 aliphatic rings. The van der Waals surface area contributed by atoms with Gasteiger partial charge >= 0.3 is 0 Å². The summed E-state index contributed by atoms with van der Waals surface area (Å²) in [5, 5.41) is 0. The van der Waals surface area contributed by atoms with Crippen LogP contribution in [0.5, 0.6) is 11.6 Å². The number of hydrogen-bond donors (Lipinski definition) is 1. The van der Waals surface area contributed by atoms with Crippen molar-refractivity contribution in [3.63, 3.8) is 0 Å². The molecule has 0 aliphatic carbocycles. The monoisotopic (exact) mass is 229 g/mol. The van der Waals surface area contributed by atoms with E-state index in [1.54, 1.807) is 12.4 Å². The molecule has 2 N–H and O–H groups in total. The third-order valence-corrected chi connectivity index (χ3v) is 2.39. The highest BCUT2D eigenvalue weighted by Gasteiger charge is 2.09. The first-order valence-corrected chi connectivity index (χ1v) is 5.48. The van der Waals surface area contributed by atoms with Gasteiger partial charge in [0.05, 0.1) is 6.20 Å². The van der Waals surface area contributed by atoms with Gasteiger partial charge in [-0.05, 0) is 32.0 Å². The fourth-order valence-corrected chi connectivity index (χ4v) is 1.46. The molecule has 88 valence electrons. The summed E-state index contributed by atoms with van der Waals surface area (Å²) in [6, 6.07) is 7.40. The first-order chi connectivity index (χ1) is 8.16. The predicted molar refractivity (Wildman–Crippen MR) is 65.9 cm³/mol. The standard InChI is InChI=1S/C13H15N3O/c1-9-5-6-11(8-16-9)17-13-12(10(2)14)4-3-7-15-13/h3-8,10H,14H2,1-2H3/t10-/m0/s1. The number of aromatic nitrogens is 2. The second-order valence-electron chi connectivity index (χ2n) is 3.92. The topological polar surface area (TPSA) is 61.0 Å². The molecule has 0 unspecified atom stereocenters. The van der Waals surface area contributed by atoms with Crippen LogP contribution in [-0.2, 0) is 0 Å². The molecule has 0 bridgehead atoms. The molecule has 2 aromatic heterocycles. The second kappa shape index (κ2) is 4.93. The van der Waals surface area contributed by atoms with E-state index < -0.39 is 0 Å². The van der Waals surface area contributed by atoms with E-state index >= 15 is 0 Å². The number of hydrogen-bond acceptors (Lipinski definition) is 4. The molecule has 17 heavy (non-hydrogen) atoms. The lowest BCUT2D eigenvalue weighted by Gasteiger charge is -2.11. The SMILES string of the molecule is Cc1ccc(Oc2ncccc2[C@H](C)N)cn1. The van der Waals surface area contributed by atoms with Crippen molar-refractivity contribution in [2.75, 3.05) is 0 Å². The highest BCUT2D eigenvalue weighted by molar-refractivity contribution is 5.33. The zero-order valence-electron chi connectivity index (χ0n) is 9.92. The van der Waals surface area contributed by atoms with Crippen LogP contribution in [0.2, 0.25) is 0 Å². The van der Waals surface area contributed by atoms with E-state index in [0.717, 1.165) is 11.3 Å². The molecule has 2 rings (SSSR count). The minimum atomic E-state index is -0.114. The molecule has 1 atom stereocenters. The number of nitrogens with zero attached hydrogens (tertiary/aromatic N) is 2. The fraction of sp³-hybridized carbons (Fsp3) is 0.231. The lowest BCUT2D eigenvalue weighted by Crippen LogP contribution is -2.07. The molecular weight excluding hydrogens is 214 g/mol. The summed E-state index contributed by atoms with van der Waals surface area (Å²) in [4.78, 5) is 8.35. The van der Waals surface area contributed by atoms with Gasteiger partial charge in [0.25, 0.3) is 0 Å². The van der Waals surface area contributed by atoms with Gasteiger partial charge in [-0.3, -0.25) is 4.98 Å². The van der Waals surface area contributed by atoms with Crippen LogP contribution in [-0.4, -0.2) is 9.97 Å². The van der Waals surface area contributed by atoms with Gasteiger partial charge in [-0.2, -0.15) is 0 Å². The molecule has 0 spiro atoms. The highest BCUT2D eigenvalue weighted by Crippen LogP contribution is 2.25. The highest BCUT2D eigenvalue weighted by atomic mass is 16.5. The van der Waals surface area contributed by atoms with Crippen molar-refractivity contribution in [1.82, 2.24) is 9.97 Å². The van der Waals surface area contributed by atoms with E-state index in [2.05, 4.69) is 9.97 Å². The van der Waals surface area contributed by atoms with Gasteiger partial charge in [0.2, 0.25) is 5.88 Å². The Labute approximate surface area is 100 Å². The van der Waals surface area contributed by atoms with Crippen molar-refractivity contribution < 1.29 is 4.74 Å². The summed E-state index contributed by atoms with van der Waals surface area (Å²) in [5.41, 5.74) is 7.69. The summed E-state index contributed by atoms with van der Waals surface area (Å²) in [6.45, 7) is 3.83. The molecule has 4 nitrogen and oxygen atoms in total. The zero-order valence-corrected chi connectivity index (χ0v) is 9.92. The molecule has 0 fully saturated rings. The molecule has 2 heterocycles. The second-order valence-corrected chi connectivity index (χ2v) is 3.92. The Balaban J connectivity index is 2.26. The van der Waals surface area contributed by atoms with Crippen molar-refractivity contribution in [1.29, 1.82) is 0 Å². The number of aryl methyl sites for hydroxylation is 1. The van der Waals surface area contributed by atoms with Crippen LogP contribution in [0.1, 0.15) is 24.2 Å². The first-order valence-electron chi connectivity index (χ1n) is 5.48. The normalized spacial score (nSPS) is 12.2. The van der Waals surface area contributed by atoms with Crippen molar-refractivity contribution >= 4 is 0 Å². The van der Waals surface area contributed by atoms with E-state index in [4.69, 9.17) is 10.5 Å². The lowest BCUT2D eigenvalue weighted by molar-refractivity contribution is 0.450. The Morgan fingerprint density at radius 2 is 2.06 bits per heavy atom. The number of pyridine rings is 2. The molecule has 0 radical (unpaired) electrons. The third-order valence-electron chi connectivity index (χ3n) is 2.39. The van der Waals surface area contributed by atoms with Crippen molar-refractivity contribution in [2.45, 2.75) is 19.9 Å². The number of rotatable bonds is 3. The van der Waals surface area contributed by atoms with Gasteiger partial charge in [0.1, 0.15) is 5.75 Å². The van der Waals surface area contributed by atoms with Crippen molar-refractivity contribution in [2.24, 2.45) is 5.73 Å². The van der Waals surface area contributed by atoms with Gasteiger partial charge in [-0.1, -0.05) is 6.07 Å². The third kappa shape index (κ3) is 2.79. The average Bonchev–Trinajstić information content (AvgIpc) is 2.32. The Morgan fingerprint density at radius 3 is 2.71 bits per heavy atom. The van der Waals surface area contributed by atoms with E-state index in [9.17, 15) is 0 Å². The van der Waals surface area contributed by atoms with Crippen LogP contribution in [0.3, 0.4) is 0 Å². The van der Waals surface area contributed by atoms with Crippen LogP contribution in [0.15, 0.2) is 36.7 Å². The van der Waals surface area contributed by atoms with Gasteiger partial charge in [0.15, 0.2) is 0 Å². The molecule has 4 heteroatoms. The maximum absolute atomic E-state index is 5.86.